The van der Waals surface area contributed by atoms with Crippen molar-refractivity contribution in [2.45, 2.75) is 32.3 Å². The minimum absolute atomic E-state index is 0.0697. The first kappa shape index (κ1) is 11.5. The van der Waals surface area contributed by atoms with Crippen LogP contribution in [0.15, 0.2) is 0 Å². The van der Waals surface area contributed by atoms with E-state index < -0.39 is 5.60 Å². The fourth-order valence-corrected chi connectivity index (χ4v) is 1.20. The van der Waals surface area contributed by atoms with E-state index in [0.717, 1.165) is 12.8 Å². The van der Waals surface area contributed by atoms with Crippen LogP contribution in [0.1, 0.15) is 26.7 Å². The standard InChI is InChI=1S/C10H20N2O2/c1-9(2,14-3)8(13)12-7-10(6-11)4-5-10/h4-7,11H2,1-3H3,(H,12,13). The Morgan fingerprint density at radius 3 is 2.50 bits per heavy atom. The zero-order valence-electron chi connectivity index (χ0n) is 9.22. The Hall–Kier alpha value is -0.610. The molecule has 0 aliphatic heterocycles. The van der Waals surface area contributed by atoms with E-state index in [0.29, 0.717) is 13.1 Å². The van der Waals surface area contributed by atoms with Crippen LogP contribution in [0.5, 0.6) is 0 Å². The molecule has 0 aromatic carbocycles. The Morgan fingerprint density at radius 1 is 1.57 bits per heavy atom. The lowest BCUT2D eigenvalue weighted by atomic mass is 10.1. The van der Waals surface area contributed by atoms with Crippen molar-refractivity contribution in [3.63, 3.8) is 0 Å². The maximum absolute atomic E-state index is 11.6. The maximum atomic E-state index is 11.6. The second kappa shape index (κ2) is 3.87. The predicted molar refractivity (Wildman–Crippen MR) is 54.8 cm³/mol. The average Bonchev–Trinajstić information content (AvgIpc) is 2.95. The van der Waals surface area contributed by atoms with Gasteiger partial charge in [-0.05, 0) is 38.6 Å². The van der Waals surface area contributed by atoms with Crippen molar-refractivity contribution < 1.29 is 9.53 Å². The molecule has 0 aromatic rings. The van der Waals surface area contributed by atoms with Crippen molar-refractivity contribution in [2.75, 3.05) is 20.2 Å². The Morgan fingerprint density at radius 2 is 2.14 bits per heavy atom. The van der Waals surface area contributed by atoms with Crippen molar-refractivity contribution >= 4 is 5.91 Å². The summed E-state index contributed by atoms with van der Waals surface area (Å²) < 4.78 is 5.08. The fourth-order valence-electron chi connectivity index (χ4n) is 1.20. The normalized spacial score (nSPS) is 19.1. The van der Waals surface area contributed by atoms with Crippen LogP contribution >= 0.6 is 0 Å². The monoisotopic (exact) mass is 200 g/mol. The van der Waals surface area contributed by atoms with Crippen molar-refractivity contribution in [2.24, 2.45) is 11.1 Å². The number of carbonyl (C=O) groups is 1. The van der Waals surface area contributed by atoms with Crippen LogP contribution in [-0.2, 0) is 9.53 Å². The van der Waals surface area contributed by atoms with E-state index in [4.69, 9.17) is 10.5 Å². The van der Waals surface area contributed by atoms with Gasteiger partial charge in [0.05, 0.1) is 0 Å². The van der Waals surface area contributed by atoms with E-state index >= 15 is 0 Å². The van der Waals surface area contributed by atoms with E-state index in [1.807, 2.05) is 0 Å². The molecular formula is C10H20N2O2. The van der Waals surface area contributed by atoms with Crippen LogP contribution in [0, 0.1) is 5.41 Å². The summed E-state index contributed by atoms with van der Waals surface area (Å²) in [4.78, 5) is 11.6. The zero-order valence-corrected chi connectivity index (χ0v) is 9.22. The Kier molecular flexibility index (Phi) is 3.17. The van der Waals surface area contributed by atoms with Gasteiger partial charge in [0, 0.05) is 13.7 Å². The van der Waals surface area contributed by atoms with Gasteiger partial charge in [0.2, 0.25) is 0 Å². The van der Waals surface area contributed by atoms with Gasteiger partial charge in [-0.2, -0.15) is 0 Å². The number of rotatable bonds is 5. The van der Waals surface area contributed by atoms with Gasteiger partial charge in [-0.25, -0.2) is 0 Å². The molecule has 0 unspecified atom stereocenters. The van der Waals surface area contributed by atoms with Gasteiger partial charge in [0.15, 0.2) is 0 Å². The van der Waals surface area contributed by atoms with E-state index in [1.165, 1.54) is 7.11 Å². The number of nitrogens with one attached hydrogen (secondary N) is 1. The molecule has 0 radical (unpaired) electrons. The third kappa shape index (κ3) is 2.45. The topological polar surface area (TPSA) is 64.3 Å². The quantitative estimate of drug-likeness (QED) is 0.669. The summed E-state index contributed by atoms with van der Waals surface area (Å²) in [5, 5.41) is 2.88. The molecule has 4 heteroatoms. The second-order valence-electron chi connectivity index (χ2n) is 4.60. The van der Waals surface area contributed by atoms with Crippen molar-refractivity contribution in [1.29, 1.82) is 0 Å². The summed E-state index contributed by atoms with van der Waals surface area (Å²) in [6.07, 6.45) is 2.24. The molecule has 1 saturated carbocycles. The Labute approximate surface area is 85.2 Å². The summed E-state index contributed by atoms with van der Waals surface area (Å²) in [6.45, 7) is 4.84. The molecule has 1 fully saturated rings. The van der Waals surface area contributed by atoms with Gasteiger partial charge < -0.3 is 15.8 Å². The summed E-state index contributed by atoms with van der Waals surface area (Å²) in [5.74, 6) is -0.0697. The molecule has 1 aliphatic rings. The molecule has 0 atom stereocenters. The molecule has 1 aliphatic carbocycles. The highest BCUT2D eigenvalue weighted by Gasteiger charge is 2.42. The van der Waals surface area contributed by atoms with Crippen molar-refractivity contribution in [3.05, 3.63) is 0 Å². The van der Waals surface area contributed by atoms with Crippen LogP contribution < -0.4 is 11.1 Å². The Balaban J connectivity index is 2.35. The average molecular weight is 200 g/mol. The lowest BCUT2D eigenvalue weighted by Gasteiger charge is -2.23. The summed E-state index contributed by atoms with van der Waals surface area (Å²) in [6, 6.07) is 0. The molecule has 3 N–H and O–H groups in total. The summed E-state index contributed by atoms with van der Waals surface area (Å²) >= 11 is 0. The van der Waals surface area contributed by atoms with Gasteiger partial charge in [-0.3, -0.25) is 4.79 Å². The third-order valence-electron chi connectivity index (χ3n) is 3.07. The second-order valence-corrected chi connectivity index (χ2v) is 4.60. The smallest absolute Gasteiger partial charge is 0.251 e. The molecule has 0 saturated heterocycles. The molecule has 4 nitrogen and oxygen atoms in total. The molecule has 0 aromatic heterocycles. The number of carbonyl (C=O) groups excluding carboxylic acids is 1. The molecule has 0 heterocycles. The maximum Gasteiger partial charge on any atom is 0.251 e. The first-order chi connectivity index (χ1) is 6.46. The molecular weight excluding hydrogens is 180 g/mol. The number of ether oxygens (including phenoxy) is 1. The summed E-state index contributed by atoms with van der Waals surface area (Å²) in [7, 11) is 1.54. The Bertz CT molecular complexity index is 222. The first-order valence-electron chi connectivity index (χ1n) is 4.99. The molecule has 82 valence electrons. The SMILES string of the molecule is COC(C)(C)C(=O)NCC1(CN)CC1. The van der Waals surface area contributed by atoms with Crippen LogP contribution in [-0.4, -0.2) is 31.7 Å². The highest BCUT2D eigenvalue weighted by molar-refractivity contribution is 5.84. The fraction of sp³-hybridized carbons (Fsp3) is 0.900. The largest absolute Gasteiger partial charge is 0.369 e. The molecule has 0 bridgehead atoms. The number of nitrogens with two attached hydrogens (primary N) is 1. The number of amides is 1. The number of hydrogen-bond donors (Lipinski definition) is 2. The van der Waals surface area contributed by atoms with Crippen LogP contribution in [0.3, 0.4) is 0 Å². The lowest BCUT2D eigenvalue weighted by Crippen LogP contribution is -2.46. The summed E-state index contributed by atoms with van der Waals surface area (Å²) in [5.41, 5.74) is 5.05. The van der Waals surface area contributed by atoms with Gasteiger partial charge in [-0.1, -0.05) is 0 Å². The highest BCUT2D eigenvalue weighted by atomic mass is 16.5. The molecule has 1 amide bonds. The third-order valence-corrected chi connectivity index (χ3v) is 3.07. The van der Waals surface area contributed by atoms with Gasteiger partial charge in [0.1, 0.15) is 5.60 Å². The van der Waals surface area contributed by atoms with Crippen molar-refractivity contribution in [3.8, 4) is 0 Å². The predicted octanol–water partition coefficient (Wildman–Crippen LogP) is 0.267. The van der Waals surface area contributed by atoms with Crippen LogP contribution in [0.4, 0.5) is 0 Å². The molecule has 1 rings (SSSR count). The lowest BCUT2D eigenvalue weighted by molar-refractivity contribution is -0.139. The van der Waals surface area contributed by atoms with E-state index in [2.05, 4.69) is 5.32 Å². The zero-order chi connectivity index (χ0) is 10.8. The highest BCUT2D eigenvalue weighted by Crippen LogP contribution is 2.43. The van der Waals surface area contributed by atoms with Crippen LogP contribution in [0.25, 0.3) is 0 Å². The van der Waals surface area contributed by atoms with Crippen molar-refractivity contribution in [1.82, 2.24) is 5.32 Å². The van der Waals surface area contributed by atoms with Gasteiger partial charge in [-0.15, -0.1) is 0 Å². The van der Waals surface area contributed by atoms with Gasteiger partial charge >= 0.3 is 0 Å². The number of methoxy groups -OCH3 is 1. The first-order valence-corrected chi connectivity index (χ1v) is 4.99. The minimum Gasteiger partial charge on any atom is -0.369 e. The van der Waals surface area contributed by atoms with Gasteiger partial charge in [0.25, 0.3) is 5.91 Å². The van der Waals surface area contributed by atoms with E-state index in [-0.39, 0.29) is 11.3 Å². The van der Waals surface area contributed by atoms with Crippen LogP contribution in [0.2, 0.25) is 0 Å². The van der Waals surface area contributed by atoms with E-state index in [9.17, 15) is 4.79 Å². The van der Waals surface area contributed by atoms with E-state index in [1.54, 1.807) is 13.8 Å². The minimum atomic E-state index is -0.745. The molecule has 0 spiro atoms. The number of hydrogen-bond acceptors (Lipinski definition) is 3. The molecule has 14 heavy (non-hydrogen) atoms.